The second-order valence-corrected chi connectivity index (χ2v) is 5.58. The lowest BCUT2D eigenvalue weighted by molar-refractivity contribution is -0.120. The van der Waals surface area contributed by atoms with Crippen molar-refractivity contribution in [3.8, 4) is 0 Å². The van der Waals surface area contributed by atoms with E-state index in [1.807, 2.05) is 0 Å². The number of nitrogens with two attached hydrogens (primary N) is 1. The lowest BCUT2D eigenvalue weighted by atomic mass is 10.1. The van der Waals surface area contributed by atoms with Crippen molar-refractivity contribution in [1.29, 1.82) is 0 Å². The summed E-state index contributed by atoms with van der Waals surface area (Å²) in [4.78, 5) is 28.3. The zero-order valence-corrected chi connectivity index (χ0v) is 13.3. The molecule has 8 heteroatoms. The van der Waals surface area contributed by atoms with Crippen LogP contribution in [0.25, 0.3) is 10.8 Å². The predicted molar refractivity (Wildman–Crippen MR) is 90.4 cm³/mol. The molecule has 0 atom stereocenters. The molecule has 0 spiro atoms. The van der Waals surface area contributed by atoms with Crippen molar-refractivity contribution in [3.63, 3.8) is 0 Å². The molecule has 2 heterocycles. The van der Waals surface area contributed by atoms with Crippen LogP contribution in [0.3, 0.4) is 0 Å². The first-order valence-electron chi connectivity index (χ1n) is 7.17. The Morgan fingerprint density at radius 3 is 2.62 bits per heavy atom. The quantitative estimate of drug-likeness (QED) is 0.319. The van der Waals surface area contributed by atoms with E-state index in [1.165, 1.54) is 4.68 Å². The zero-order valence-electron chi connectivity index (χ0n) is 12.6. The highest BCUT2D eigenvalue weighted by Crippen LogP contribution is 2.14. The van der Waals surface area contributed by atoms with E-state index < -0.39 is 0 Å². The summed E-state index contributed by atoms with van der Waals surface area (Å²) in [6.07, 6.45) is 1.56. The maximum Gasteiger partial charge on any atom is 0.274 e. The van der Waals surface area contributed by atoms with E-state index in [9.17, 15) is 9.59 Å². The summed E-state index contributed by atoms with van der Waals surface area (Å²) in [7, 11) is 0. The van der Waals surface area contributed by atoms with E-state index in [0.717, 1.165) is 5.56 Å². The van der Waals surface area contributed by atoms with Crippen molar-refractivity contribution in [3.05, 3.63) is 69.4 Å². The summed E-state index contributed by atoms with van der Waals surface area (Å²) in [6, 6.07) is 10.4. The van der Waals surface area contributed by atoms with Gasteiger partial charge in [-0.15, -0.1) is 0 Å². The molecule has 3 aromatic rings. The smallest absolute Gasteiger partial charge is 0.274 e. The molecule has 0 radical (unpaired) electrons. The van der Waals surface area contributed by atoms with Gasteiger partial charge in [0.2, 0.25) is 5.91 Å². The fourth-order valence-electron chi connectivity index (χ4n) is 2.42. The van der Waals surface area contributed by atoms with E-state index in [0.29, 0.717) is 21.6 Å². The third kappa shape index (κ3) is 3.27. The lowest BCUT2D eigenvalue weighted by Gasteiger charge is -2.10. The molecule has 1 amide bonds. The second-order valence-electron chi connectivity index (χ2n) is 5.19. The number of benzene rings is 1. The van der Waals surface area contributed by atoms with Crippen LogP contribution in [0.5, 0.6) is 0 Å². The zero-order chi connectivity index (χ0) is 17.1. The number of carbonyl (C=O) groups is 1. The third-order valence-corrected chi connectivity index (χ3v) is 3.78. The average molecular weight is 344 g/mol. The molecular formula is C16H14ClN5O2. The molecule has 24 heavy (non-hydrogen) atoms. The molecule has 0 fully saturated rings. The predicted octanol–water partition coefficient (Wildman–Crippen LogP) is 1.03. The molecule has 3 rings (SSSR count). The molecule has 7 nitrogen and oxygen atoms in total. The number of hydrogen-bond donors (Lipinski definition) is 2. The van der Waals surface area contributed by atoms with Crippen molar-refractivity contribution in [1.82, 2.24) is 20.2 Å². The Kier molecular flexibility index (Phi) is 4.54. The number of hydrogen-bond acceptors (Lipinski definition) is 5. The monoisotopic (exact) mass is 343 g/mol. The maximum absolute atomic E-state index is 12.6. The summed E-state index contributed by atoms with van der Waals surface area (Å²) in [5.41, 5.74) is 3.10. The minimum atomic E-state index is -0.383. The van der Waals surface area contributed by atoms with Gasteiger partial charge in [0.05, 0.1) is 24.0 Å². The van der Waals surface area contributed by atoms with Crippen molar-refractivity contribution in [2.75, 3.05) is 0 Å². The van der Waals surface area contributed by atoms with Crippen LogP contribution in [0.2, 0.25) is 5.15 Å². The van der Waals surface area contributed by atoms with E-state index >= 15 is 0 Å². The van der Waals surface area contributed by atoms with E-state index in [-0.39, 0.29) is 24.4 Å². The van der Waals surface area contributed by atoms with Crippen LogP contribution < -0.4 is 16.8 Å². The summed E-state index contributed by atoms with van der Waals surface area (Å²) in [5, 5.41) is 5.84. The number of amides is 1. The first kappa shape index (κ1) is 16.1. The molecule has 122 valence electrons. The maximum atomic E-state index is 12.6. The number of rotatable bonds is 4. The van der Waals surface area contributed by atoms with Crippen LogP contribution in [0.1, 0.15) is 11.3 Å². The number of pyridine rings is 1. The Morgan fingerprint density at radius 1 is 1.21 bits per heavy atom. The number of hydrazine groups is 1. The van der Waals surface area contributed by atoms with Crippen LogP contribution in [0, 0.1) is 0 Å². The average Bonchev–Trinajstić information content (AvgIpc) is 2.60. The van der Waals surface area contributed by atoms with Gasteiger partial charge in [-0.1, -0.05) is 35.9 Å². The summed E-state index contributed by atoms with van der Waals surface area (Å²) in [6.45, 7) is 0.227. The Hall–Kier alpha value is -2.77. The Morgan fingerprint density at radius 2 is 1.96 bits per heavy atom. The minimum absolute atomic E-state index is 0.0177. The highest BCUT2D eigenvalue weighted by molar-refractivity contribution is 6.29. The Labute approximate surface area is 142 Å². The van der Waals surface area contributed by atoms with Crippen LogP contribution in [0.15, 0.2) is 47.4 Å². The number of carbonyl (C=O) groups excluding carboxylic acids is 1. The van der Waals surface area contributed by atoms with Gasteiger partial charge in [-0.2, -0.15) is 5.10 Å². The second kappa shape index (κ2) is 6.77. The van der Waals surface area contributed by atoms with Gasteiger partial charge < -0.3 is 0 Å². The molecule has 0 aliphatic heterocycles. The fourth-order valence-corrected chi connectivity index (χ4v) is 2.53. The van der Waals surface area contributed by atoms with Crippen LogP contribution in [-0.4, -0.2) is 20.7 Å². The van der Waals surface area contributed by atoms with Gasteiger partial charge in [-0.25, -0.2) is 15.5 Å². The molecule has 0 bridgehead atoms. The standard InChI is InChI=1S/C16H14ClN5O2/c17-14-6-5-10(8-19-14)9-22-16(24)12-4-2-1-3-11(12)13(21-22)7-15(23)20-18/h1-6,8H,7,9,18H2,(H,20,23). The van der Waals surface area contributed by atoms with Crippen LogP contribution >= 0.6 is 11.6 Å². The van der Waals surface area contributed by atoms with Crippen molar-refractivity contribution in [2.24, 2.45) is 5.84 Å². The minimum Gasteiger partial charge on any atom is -0.294 e. The Balaban J connectivity index is 2.10. The Bertz CT molecular complexity index is 953. The van der Waals surface area contributed by atoms with E-state index in [2.05, 4.69) is 15.5 Å². The van der Waals surface area contributed by atoms with Gasteiger partial charge in [0, 0.05) is 11.6 Å². The highest BCUT2D eigenvalue weighted by Gasteiger charge is 2.13. The normalized spacial score (nSPS) is 10.8. The first-order valence-corrected chi connectivity index (χ1v) is 7.55. The third-order valence-electron chi connectivity index (χ3n) is 3.55. The number of aromatic nitrogens is 3. The van der Waals surface area contributed by atoms with Gasteiger partial charge in [-0.3, -0.25) is 15.0 Å². The SMILES string of the molecule is NNC(=O)Cc1nn(Cc2ccc(Cl)nc2)c(=O)c2ccccc12. The molecule has 0 saturated heterocycles. The number of halogens is 1. The van der Waals surface area contributed by atoms with Gasteiger partial charge in [0.1, 0.15) is 5.15 Å². The number of nitrogens with one attached hydrogen (secondary N) is 1. The van der Waals surface area contributed by atoms with Crippen LogP contribution in [0.4, 0.5) is 0 Å². The summed E-state index contributed by atoms with van der Waals surface area (Å²) < 4.78 is 1.31. The molecule has 0 aliphatic carbocycles. The molecule has 1 aromatic carbocycles. The number of nitrogens with zero attached hydrogens (tertiary/aromatic N) is 3. The van der Waals surface area contributed by atoms with E-state index in [4.69, 9.17) is 17.4 Å². The molecule has 0 aliphatic rings. The topological polar surface area (TPSA) is 103 Å². The largest absolute Gasteiger partial charge is 0.294 e. The lowest BCUT2D eigenvalue weighted by Crippen LogP contribution is -2.33. The van der Waals surface area contributed by atoms with Gasteiger partial charge in [0.15, 0.2) is 0 Å². The molecular weight excluding hydrogens is 330 g/mol. The fraction of sp³-hybridized carbons (Fsp3) is 0.125. The van der Waals surface area contributed by atoms with Crippen LogP contribution in [-0.2, 0) is 17.8 Å². The van der Waals surface area contributed by atoms with Gasteiger partial charge in [0.25, 0.3) is 5.56 Å². The van der Waals surface area contributed by atoms with Gasteiger partial charge >= 0.3 is 0 Å². The highest BCUT2D eigenvalue weighted by atomic mass is 35.5. The molecule has 3 N–H and O–H groups in total. The van der Waals surface area contributed by atoms with E-state index in [1.54, 1.807) is 42.6 Å². The summed E-state index contributed by atoms with van der Waals surface area (Å²) in [5.74, 6) is 4.77. The molecule has 0 saturated carbocycles. The molecule has 0 unspecified atom stereocenters. The first-order chi connectivity index (χ1) is 11.6. The van der Waals surface area contributed by atoms with Crippen molar-refractivity contribution >= 4 is 28.3 Å². The number of fused-ring (bicyclic) bond motifs is 1. The van der Waals surface area contributed by atoms with Gasteiger partial charge in [-0.05, 0) is 17.7 Å². The summed E-state index contributed by atoms with van der Waals surface area (Å²) >= 11 is 5.77. The molecule has 2 aromatic heterocycles. The van der Waals surface area contributed by atoms with Crippen molar-refractivity contribution in [2.45, 2.75) is 13.0 Å². The van der Waals surface area contributed by atoms with Crippen molar-refractivity contribution < 1.29 is 4.79 Å².